The van der Waals surface area contributed by atoms with Crippen molar-refractivity contribution in [3.63, 3.8) is 0 Å². The van der Waals surface area contributed by atoms with Crippen LogP contribution in [0.3, 0.4) is 0 Å². The predicted molar refractivity (Wildman–Crippen MR) is 102 cm³/mol. The molecule has 0 aliphatic heterocycles. The second-order valence-electron chi connectivity index (χ2n) is 6.08. The molecule has 1 unspecified atom stereocenters. The van der Waals surface area contributed by atoms with Crippen molar-refractivity contribution >= 4 is 11.9 Å². The summed E-state index contributed by atoms with van der Waals surface area (Å²) in [5.41, 5.74) is 3.45. The highest BCUT2D eigenvalue weighted by atomic mass is 15.4. The first-order valence-electron chi connectivity index (χ1n) is 8.21. The van der Waals surface area contributed by atoms with Gasteiger partial charge >= 0.3 is 0 Å². The van der Waals surface area contributed by atoms with Gasteiger partial charge in [0.2, 0.25) is 0 Å². The summed E-state index contributed by atoms with van der Waals surface area (Å²) in [6.07, 6.45) is 8.62. The molecule has 0 heterocycles. The molecule has 122 valence electrons. The Morgan fingerprint density at radius 1 is 0.958 bits per heavy atom. The number of hydrogen-bond donors (Lipinski definition) is 0. The standard InChI is InChI=1S/C21H23N3/c1-23(2)21-14-13-19(15-21)17-24(20-11-7-4-8-12-20)22-16-18-9-5-3-6-10-18/h3-16,19H,17H2,1-2H3. The van der Waals surface area contributed by atoms with Crippen LogP contribution in [0.25, 0.3) is 0 Å². The minimum atomic E-state index is 0.357. The summed E-state index contributed by atoms with van der Waals surface area (Å²) in [7, 11) is 4.14. The molecule has 2 aromatic rings. The zero-order valence-electron chi connectivity index (χ0n) is 14.2. The topological polar surface area (TPSA) is 18.8 Å². The molecule has 0 saturated heterocycles. The van der Waals surface area contributed by atoms with Gasteiger partial charge in [0.25, 0.3) is 0 Å². The van der Waals surface area contributed by atoms with Crippen molar-refractivity contribution < 1.29 is 0 Å². The van der Waals surface area contributed by atoms with Crippen LogP contribution in [0.15, 0.2) is 89.7 Å². The third-order valence-electron chi connectivity index (χ3n) is 4.00. The highest BCUT2D eigenvalue weighted by Gasteiger charge is 2.15. The summed E-state index contributed by atoms with van der Waals surface area (Å²) in [5, 5.41) is 6.80. The van der Waals surface area contributed by atoms with E-state index in [1.165, 1.54) is 5.70 Å². The van der Waals surface area contributed by atoms with Crippen LogP contribution in [-0.4, -0.2) is 31.8 Å². The maximum Gasteiger partial charge on any atom is 0.0594 e. The van der Waals surface area contributed by atoms with Gasteiger partial charge in [0.1, 0.15) is 0 Å². The number of rotatable bonds is 6. The maximum atomic E-state index is 4.73. The third kappa shape index (κ3) is 4.13. The van der Waals surface area contributed by atoms with Gasteiger partial charge in [-0.1, -0.05) is 60.7 Å². The third-order valence-corrected chi connectivity index (χ3v) is 4.00. The molecule has 0 aromatic heterocycles. The molecular weight excluding hydrogens is 294 g/mol. The molecule has 0 amide bonds. The molecule has 3 nitrogen and oxygen atoms in total. The van der Waals surface area contributed by atoms with Gasteiger partial charge < -0.3 is 4.90 Å². The van der Waals surface area contributed by atoms with Crippen molar-refractivity contribution in [3.8, 4) is 0 Å². The molecule has 1 aliphatic rings. The number of hydrogen-bond acceptors (Lipinski definition) is 3. The number of allylic oxidation sites excluding steroid dienone is 1. The van der Waals surface area contributed by atoms with Gasteiger partial charge in [-0.05, 0) is 23.8 Å². The molecule has 0 saturated carbocycles. The Balaban J connectivity index is 1.79. The van der Waals surface area contributed by atoms with E-state index in [0.29, 0.717) is 5.92 Å². The lowest BCUT2D eigenvalue weighted by atomic mass is 10.1. The highest BCUT2D eigenvalue weighted by molar-refractivity contribution is 5.80. The molecule has 3 rings (SSSR count). The zero-order chi connectivity index (χ0) is 16.8. The smallest absolute Gasteiger partial charge is 0.0594 e. The molecule has 0 bridgehead atoms. The second kappa shape index (κ2) is 7.64. The van der Waals surface area contributed by atoms with E-state index in [2.05, 4.69) is 66.5 Å². The average Bonchev–Trinajstić information content (AvgIpc) is 3.09. The maximum absolute atomic E-state index is 4.73. The summed E-state index contributed by atoms with van der Waals surface area (Å²) in [6, 6.07) is 20.5. The molecule has 3 heteroatoms. The Labute approximate surface area is 144 Å². The fraction of sp³-hybridized carbons (Fsp3) is 0.190. The average molecular weight is 317 g/mol. The van der Waals surface area contributed by atoms with Crippen LogP contribution in [0.2, 0.25) is 0 Å². The fourth-order valence-corrected chi connectivity index (χ4v) is 2.66. The van der Waals surface area contributed by atoms with Gasteiger partial charge in [-0.3, -0.25) is 5.01 Å². The molecule has 0 fully saturated rings. The minimum Gasteiger partial charge on any atom is -0.378 e. The predicted octanol–water partition coefficient (Wildman–Crippen LogP) is 4.16. The quantitative estimate of drug-likeness (QED) is 0.588. The van der Waals surface area contributed by atoms with Gasteiger partial charge in [0.05, 0.1) is 18.4 Å². The van der Waals surface area contributed by atoms with Gasteiger partial charge in [-0.2, -0.15) is 5.10 Å². The summed E-state index contributed by atoms with van der Waals surface area (Å²) in [6.45, 7) is 0.821. The molecular formula is C21H23N3. The first-order valence-corrected chi connectivity index (χ1v) is 8.21. The van der Waals surface area contributed by atoms with Crippen molar-refractivity contribution in [2.24, 2.45) is 11.0 Å². The number of nitrogens with zero attached hydrogens (tertiary/aromatic N) is 3. The van der Waals surface area contributed by atoms with Gasteiger partial charge in [-0.15, -0.1) is 0 Å². The lowest BCUT2D eigenvalue weighted by molar-refractivity contribution is 0.528. The molecule has 0 spiro atoms. The summed E-state index contributed by atoms with van der Waals surface area (Å²) >= 11 is 0. The molecule has 2 aromatic carbocycles. The van der Waals surface area contributed by atoms with Crippen LogP contribution in [0.4, 0.5) is 5.69 Å². The van der Waals surface area contributed by atoms with E-state index >= 15 is 0 Å². The van der Waals surface area contributed by atoms with Crippen LogP contribution < -0.4 is 5.01 Å². The van der Waals surface area contributed by atoms with Crippen molar-refractivity contribution in [2.75, 3.05) is 25.6 Å². The highest BCUT2D eigenvalue weighted by Crippen LogP contribution is 2.22. The molecule has 24 heavy (non-hydrogen) atoms. The SMILES string of the molecule is CN(C)C1=CC(CN(N=Cc2ccccc2)c2ccccc2)C=C1. The van der Waals surface area contributed by atoms with E-state index in [-0.39, 0.29) is 0 Å². The lowest BCUT2D eigenvalue weighted by Gasteiger charge is -2.21. The summed E-state index contributed by atoms with van der Waals surface area (Å²) in [5.74, 6) is 0.357. The van der Waals surface area contributed by atoms with Crippen LogP contribution in [-0.2, 0) is 0 Å². The molecule has 0 N–H and O–H groups in total. The first-order chi connectivity index (χ1) is 11.7. The number of anilines is 1. The lowest BCUT2D eigenvalue weighted by Crippen LogP contribution is -2.22. The first kappa shape index (κ1) is 16.1. The monoisotopic (exact) mass is 317 g/mol. The number of para-hydroxylation sites is 1. The van der Waals surface area contributed by atoms with Gasteiger partial charge in [0, 0.05) is 25.7 Å². The van der Waals surface area contributed by atoms with Crippen LogP contribution in [0, 0.1) is 5.92 Å². The molecule has 1 aliphatic carbocycles. The fourth-order valence-electron chi connectivity index (χ4n) is 2.66. The number of hydrazone groups is 1. The Morgan fingerprint density at radius 2 is 1.62 bits per heavy atom. The van der Waals surface area contributed by atoms with E-state index in [1.54, 1.807) is 0 Å². The van der Waals surface area contributed by atoms with E-state index in [9.17, 15) is 0 Å². The normalized spacial score (nSPS) is 16.4. The van der Waals surface area contributed by atoms with Crippen molar-refractivity contribution in [1.82, 2.24) is 4.90 Å². The second-order valence-corrected chi connectivity index (χ2v) is 6.08. The molecule has 1 atom stereocenters. The van der Waals surface area contributed by atoms with E-state index in [4.69, 9.17) is 5.10 Å². The molecule has 0 radical (unpaired) electrons. The largest absolute Gasteiger partial charge is 0.378 e. The van der Waals surface area contributed by atoms with E-state index in [1.807, 2.05) is 42.6 Å². The van der Waals surface area contributed by atoms with Crippen molar-refractivity contribution in [1.29, 1.82) is 0 Å². The zero-order valence-corrected chi connectivity index (χ0v) is 14.2. The minimum absolute atomic E-state index is 0.357. The summed E-state index contributed by atoms with van der Waals surface area (Å²) < 4.78 is 0. The summed E-state index contributed by atoms with van der Waals surface area (Å²) in [4.78, 5) is 2.14. The van der Waals surface area contributed by atoms with Crippen LogP contribution in [0.5, 0.6) is 0 Å². The van der Waals surface area contributed by atoms with Crippen molar-refractivity contribution in [2.45, 2.75) is 0 Å². The van der Waals surface area contributed by atoms with E-state index < -0.39 is 0 Å². The number of benzene rings is 2. The Kier molecular flexibility index (Phi) is 5.12. The van der Waals surface area contributed by atoms with E-state index in [0.717, 1.165) is 17.8 Å². The van der Waals surface area contributed by atoms with Crippen LogP contribution in [0.1, 0.15) is 5.56 Å². The van der Waals surface area contributed by atoms with Gasteiger partial charge in [-0.25, -0.2) is 0 Å². The Bertz CT molecular complexity index is 730. The Hall–Kier alpha value is -2.81. The van der Waals surface area contributed by atoms with Gasteiger partial charge in [0.15, 0.2) is 0 Å². The number of likely N-dealkylation sites (N-methyl/N-ethyl adjacent to an activating group) is 1. The van der Waals surface area contributed by atoms with Crippen molar-refractivity contribution in [3.05, 3.63) is 90.2 Å². The van der Waals surface area contributed by atoms with Crippen LogP contribution >= 0.6 is 0 Å². The Morgan fingerprint density at radius 3 is 2.25 bits per heavy atom.